The van der Waals surface area contributed by atoms with Crippen LogP contribution in [0.25, 0.3) is 0 Å². The number of hydrogen-bond acceptors (Lipinski definition) is 49. The number of amides is 4. The molecule has 10 aliphatic rings. The van der Waals surface area contributed by atoms with Gasteiger partial charge >= 0.3 is 0 Å². The standard InChI is InChI=1S/C68H114N4O49/c1-15-33(83)43(93)48(98)63(105-15)120-57-46(96)36(86)22(8-74)111-67(57)117-54-31(71-19(5)81)61(108-24(10-76)38(54)88)104-14-28-41(91)56(119-62-32(72-20(6)82)55(39(89)25(11-77)109-62)118-68-58(47(97)37(87)23(9-75)112-68)121-64-49(99)44(94)34(84)16(2)106-64)51(101)66(114-28)116-53-30(70-18(4)80)59(102)107-27(40(53)90)13-103-60-29(69-17(3)79)42(92)52(26(12-78)113-60)115-65-50(100)45(95)35(85)21(7-73)110-65/h15-16,21-68,73-78,83-102H,7-14H2,1-6H3,(H,69,79)(H,70,80)(H,71,81)(H,72,82)/t15-,16-,21+,22+,23+,24+,25+,26+,27+,28+,29+,30+,31+,32+,33+,34+,35-,36-,37-,38+,39+,40-,41-,42+,43+,44+,45-,46-,47-,48-,49-,50+,51+,52+,53+,54+,55+,56-,57+,58+,59?,60+,61+,62-,63-,64-,65-,66-,67-,68-/m0/s1. The van der Waals surface area contributed by atoms with Gasteiger partial charge in [0.05, 0.1) is 65.1 Å². The molecule has 0 aromatic heterocycles. The quantitative estimate of drug-likeness (QED) is 0.0318. The highest BCUT2D eigenvalue weighted by molar-refractivity contribution is 5.74. The van der Waals surface area contributed by atoms with Crippen molar-refractivity contribution in [2.45, 2.75) is 348 Å². The lowest BCUT2D eigenvalue weighted by molar-refractivity contribution is -0.391. The molecule has 53 nitrogen and oxygen atoms in total. The maximum atomic E-state index is 13.5. The molecule has 700 valence electrons. The van der Waals surface area contributed by atoms with Crippen molar-refractivity contribution in [3.05, 3.63) is 0 Å². The Morgan fingerprint density at radius 1 is 0.231 bits per heavy atom. The topological polar surface area (TPSA) is 818 Å². The van der Waals surface area contributed by atoms with Gasteiger partial charge in [-0.25, -0.2) is 0 Å². The summed E-state index contributed by atoms with van der Waals surface area (Å²) in [5, 5.41) is 300. The zero-order chi connectivity index (χ0) is 89.1. The lowest BCUT2D eigenvalue weighted by atomic mass is 9.93. The van der Waals surface area contributed by atoms with Crippen LogP contribution in [0.5, 0.6) is 0 Å². The number of ether oxygens (including phenoxy) is 19. The zero-order valence-electron chi connectivity index (χ0n) is 65.5. The second kappa shape index (κ2) is 43.0. The van der Waals surface area contributed by atoms with Crippen molar-refractivity contribution in [3.63, 3.8) is 0 Å². The van der Waals surface area contributed by atoms with Gasteiger partial charge in [-0.2, -0.15) is 0 Å². The molecule has 10 aliphatic heterocycles. The van der Waals surface area contributed by atoms with E-state index in [9.17, 15) is 152 Å². The molecule has 1 unspecified atom stereocenters. The molecule has 0 bridgehead atoms. The number of aliphatic hydroxyl groups is 26. The van der Waals surface area contributed by atoms with Crippen LogP contribution in [-0.2, 0) is 109 Å². The first-order valence-electron chi connectivity index (χ1n) is 38.8. The second-order valence-electron chi connectivity index (χ2n) is 31.0. The molecule has 0 saturated carbocycles. The maximum absolute atomic E-state index is 13.5. The summed E-state index contributed by atoms with van der Waals surface area (Å²) >= 11 is 0. The Morgan fingerprint density at radius 2 is 0.504 bits per heavy atom. The van der Waals surface area contributed by atoms with Gasteiger partial charge in [-0.15, -0.1) is 0 Å². The van der Waals surface area contributed by atoms with Crippen LogP contribution in [0.15, 0.2) is 0 Å². The molecular formula is C68H114N4O49. The smallest absolute Gasteiger partial charge is 0.217 e. The van der Waals surface area contributed by atoms with Crippen molar-refractivity contribution in [2.24, 2.45) is 0 Å². The lowest BCUT2D eigenvalue weighted by Gasteiger charge is -2.51. The Balaban J connectivity index is 0.989. The summed E-state index contributed by atoms with van der Waals surface area (Å²) in [6.45, 7) is -2.42. The Labute approximate surface area is 686 Å². The highest BCUT2D eigenvalue weighted by atomic mass is 16.8. The zero-order valence-corrected chi connectivity index (χ0v) is 65.5. The van der Waals surface area contributed by atoms with Gasteiger partial charge in [0.1, 0.15) is 232 Å². The third-order valence-corrected chi connectivity index (χ3v) is 22.4. The van der Waals surface area contributed by atoms with E-state index in [1.54, 1.807) is 0 Å². The number of nitrogens with one attached hydrogen (secondary N) is 4. The average molecular weight is 1770 g/mol. The predicted octanol–water partition coefficient (Wildman–Crippen LogP) is -20.2. The summed E-state index contributed by atoms with van der Waals surface area (Å²) in [5.41, 5.74) is 0. The van der Waals surface area contributed by atoms with Gasteiger partial charge in [-0.3, -0.25) is 19.2 Å². The van der Waals surface area contributed by atoms with E-state index in [0.29, 0.717) is 0 Å². The largest absolute Gasteiger partial charge is 0.394 e. The Hall–Kier alpha value is -3.92. The van der Waals surface area contributed by atoms with Crippen molar-refractivity contribution in [3.8, 4) is 0 Å². The summed E-state index contributed by atoms with van der Waals surface area (Å²) in [6.07, 6.45) is -93.5. The fourth-order valence-corrected chi connectivity index (χ4v) is 15.7. The molecule has 10 heterocycles. The van der Waals surface area contributed by atoms with Crippen molar-refractivity contribution in [1.29, 1.82) is 0 Å². The fourth-order valence-electron chi connectivity index (χ4n) is 15.7. The summed E-state index contributed by atoms with van der Waals surface area (Å²) in [5.74, 6) is -3.85. The van der Waals surface area contributed by atoms with E-state index < -0.39 is 383 Å². The minimum Gasteiger partial charge on any atom is -0.394 e. The van der Waals surface area contributed by atoms with Crippen LogP contribution in [0.3, 0.4) is 0 Å². The molecule has 30 N–H and O–H groups in total. The highest BCUT2D eigenvalue weighted by Gasteiger charge is 2.62. The van der Waals surface area contributed by atoms with Crippen molar-refractivity contribution in [2.75, 3.05) is 52.9 Å². The number of aliphatic hydroxyl groups excluding tert-OH is 26. The van der Waals surface area contributed by atoms with Crippen LogP contribution in [0.4, 0.5) is 0 Å². The summed E-state index contributed by atoms with van der Waals surface area (Å²) in [4.78, 5) is 52.7. The fraction of sp³-hybridized carbons (Fsp3) is 0.941. The Bertz CT molecular complexity index is 3270. The van der Waals surface area contributed by atoms with E-state index in [1.807, 2.05) is 0 Å². The molecule has 121 heavy (non-hydrogen) atoms. The van der Waals surface area contributed by atoms with E-state index in [0.717, 1.165) is 27.7 Å². The SMILES string of the molecule is CC(=O)N[C@H]1[C@H](OC[C@H]2OC(O)[C@H](NC(C)=O)[C@@H](O[C@@H]3O[C@H](CO[C@@H]4O[C@H](CO)[C@@H](O)[C@H](O[C@@H]5O[C@H](CO)[C@H](O)[C@H](O)[C@H]5O[C@@H]5O[C@@H](C)[C@@H](O)[C@@H](O)[C@@H]5O)[C@H]4NC(C)=O)[C@H](O)[C@H](O[C@@H]4O[C@H](CO)[C@@H](O)[C@H](O[C@@H]5O[C@H](CO)[C@H](O)[C@H](O)[C@H]5O[C@@H]5O[C@@H](C)[C@@H](O)[C@@H](O)[C@@H]5O)[C@H]4NC(C)=O)[C@H]3O)[C@H]2O)O[C@H](CO)[C@@H](O[C@@H]2O[C@H](CO)[C@H](O)[C@H](O)[C@H]2O)[C@@H]1O. The molecule has 0 spiro atoms. The first-order chi connectivity index (χ1) is 57.1. The molecular weight excluding hydrogens is 1660 g/mol. The van der Waals surface area contributed by atoms with E-state index in [1.165, 1.54) is 13.8 Å². The van der Waals surface area contributed by atoms with Gasteiger partial charge in [0.2, 0.25) is 23.6 Å². The van der Waals surface area contributed by atoms with Gasteiger partial charge in [-0.1, -0.05) is 0 Å². The van der Waals surface area contributed by atoms with E-state index in [4.69, 9.17) is 90.0 Å². The van der Waals surface area contributed by atoms with Crippen molar-refractivity contribution >= 4 is 23.6 Å². The van der Waals surface area contributed by atoms with Gasteiger partial charge < -0.3 is 244 Å². The maximum Gasteiger partial charge on any atom is 0.217 e. The molecule has 10 rings (SSSR count). The van der Waals surface area contributed by atoms with E-state index >= 15 is 0 Å². The molecule has 53 heteroatoms. The van der Waals surface area contributed by atoms with Crippen LogP contribution >= 0.6 is 0 Å². The molecule has 0 aromatic rings. The Kier molecular flexibility index (Phi) is 35.3. The molecule has 10 saturated heterocycles. The van der Waals surface area contributed by atoms with Crippen LogP contribution < -0.4 is 21.3 Å². The minimum atomic E-state index is -2.60. The van der Waals surface area contributed by atoms with E-state index in [2.05, 4.69) is 21.3 Å². The van der Waals surface area contributed by atoms with Crippen molar-refractivity contribution < 1.29 is 242 Å². The normalized spacial score (nSPS) is 50.0. The summed E-state index contributed by atoms with van der Waals surface area (Å²) in [6, 6.07) is -7.77. The first-order valence-corrected chi connectivity index (χ1v) is 38.8. The van der Waals surface area contributed by atoms with Crippen LogP contribution in [0, 0.1) is 0 Å². The van der Waals surface area contributed by atoms with Gasteiger partial charge in [0.15, 0.2) is 62.9 Å². The highest BCUT2D eigenvalue weighted by Crippen LogP contribution is 2.41. The van der Waals surface area contributed by atoms with Gasteiger partial charge in [0, 0.05) is 27.7 Å². The lowest BCUT2D eigenvalue weighted by Crippen LogP contribution is -2.71. The number of carbonyl (C=O) groups excluding carboxylic acids is 4. The predicted molar refractivity (Wildman–Crippen MR) is 373 cm³/mol. The summed E-state index contributed by atoms with van der Waals surface area (Å²) < 4.78 is 113. The number of carbonyl (C=O) groups is 4. The summed E-state index contributed by atoms with van der Waals surface area (Å²) in [7, 11) is 0. The number of hydrogen-bond donors (Lipinski definition) is 30. The van der Waals surface area contributed by atoms with Gasteiger partial charge in [0.25, 0.3) is 0 Å². The molecule has 0 radical (unpaired) electrons. The molecule has 4 amide bonds. The van der Waals surface area contributed by atoms with Crippen LogP contribution in [-0.4, -0.2) is 516 Å². The van der Waals surface area contributed by atoms with Crippen LogP contribution in [0.2, 0.25) is 0 Å². The first kappa shape index (κ1) is 99.2. The Morgan fingerprint density at radius 3 is 0.942 bits per heavy atom. The van der Waals surface area contributed by atoms with Crippen LogP contribution in [0.1, 0.15) is 41.5 Å². The third-order valence-electron chi connectivity index (χ3n) is 22.4. The molecule has 10 fully saturated rings. The number of rotatable bonds is 30. The van der Waals surface area contributed by atoms with Crippen molar-refractivity contribution in [1.82, 2.24) is 21.3 Å². The molecule has 50 atom stereocenters. The minimum absolute atomic E-state index is 0.876. The third kappa shape index (κ3) is 22.0. The van der Waals surface area contributed by atoms with Gasteiger partial charge in [-0.05, 0) is 13.8 Å². The molecule has 0 aromatic carbocycles. The average Bonchev–Trinajstić information content (AvgIpc) is 0.774. The van der Waals surface area contributed by atoms with E-state index in [-0.39, 0.29) is 0 Å². The second-order valence-corrected chi connectivity index (χ2v) is 31.0. The monoisotopic (exact) mass is 1770 g/mol. The molecule has 0 aliphatic carbocycles.